The molecule has 1 amide bonds. The fourth-order valence-electron chi connectivity index (χ4n) is 2.35. The second kappa shape index (κ2) is 8.64. The molecule has 0 spiro atoms. The molecule has 0 bridgehead atoms. The van der Waals surface area contributed by atoms with E-state index >= 15 is 0 Å². The number of hydrogen-bond acceptors (Lipinski definition) is 3. The quantitative estimate of drug-likeness (QED) is 0.574. The van der Waals surface area contributed by atoms with Crippen LogP contribution in [0.3, 0.4) is 0 Å². The summed E-state index contributed by atoms with van der Waals surface area (Å²) in [5.74, 6) is -2.32. The van der Waals surface area contributed by atoms with E-state index in [1.807, 2.05) is 12.1 Å². The van der Waals surface area contributed by atoms with E-state index in [0.29, 0.717) is 5.75 Å². The van der Waals surface area contributed by atoms with Gasteiger partial charge in [0.15, 0.2) is 0 Å². The number of carbonyl (C=O) groups excluding carboxylic acids is 1. The maximum Gasteiger partial charge on any atom is 0.259 e. The SMILES string of the molecule is CC(C)(C)c1ccc(SCCC(O)NC(=O)c2c(F)cccc2F)cc1. The Bertz CT molecular complexity index is 737. The molecule has 3 nitrogen and oxygen atoms in total. The van der Waals surface area contributed by atoms with Crippen LogP contribution in [-0.4, -0.2) is 23.0 Å². The van der Waals surface area contributed by atoms with Crippen molar-refractivity contribution in [2.75, 3.05) is 5.75 Å². The highest BCUT2D eigenvalue weighted by Gasteiger charge is 2.19. The second-order valence-electron chi connectivity index (χ2n) is 7.00. The van der Waals surface area contributed by atoms with Gasteiger partial charge in [0.1, 0.15) is 23.4 Å². The van der Waals surface area contributed by atoms with Gasteiger partial charge in [0.25, 0.3) is 5.91 Å². The smallest absolute Gasteiger partial charge is 0.259 e. The molecule has 2 rings (SSSR count). The lowest BCUT2D eigenvalue weighted by atomic mass is 9.87. The van der Waals surface area contributed by atoms with Crippen LogP contribution in [0, 0.1) is 11.6 Å². The van der Waals surface area contributed by atoms with Crippen LogP contribution in [0.1, 0.15) is 43.1 Å². The summed E-state index contributed by atoms with van der Waals surface area (Å²) in [6, 6.07) is 11.4. The summed E-state index contributed by atoms with van der Waals surface area (Å²) in [5, 5.41) is 12.1. The van der Waals surface area contributed by atoms with Gasteiger partial charge in [-0.15, -0.1) is 11.8 Å². The van der Waals surface area contributed by atoms with Crippen molar-refractivity contribution in [1.29, 1.82) is 0 Å². The van der Waals surface area contributed by atoms with Crippen molar-refractivity contribution in [3.8, 4) is 0 Å². The molecule has 0 aliphatic carbocycles. The highest BCUT2D eigenvalue weighted by Crippen LogP contribution is 2.26. The van der Waals surface area contributed by atoms with E-state index < -0.39 is 29.3 Å². The zero-order chi connectivity index (χ0) is 19.3. The molecule has 26 heavy (non-hydrogen) atoms. The number of nitrogens with one attached hydrogen (secondary N) is 1. The van der Waals surface area contributed by atoms with Crippen LogP contribution < -0.4 is 5.32 Å². The second-order valence-corrected chi connectivity index (χ2v) is 8.17. The highest BCUT2D eigenvalue weighted by molar-refractivity contribution is 7.99. The van der Waals surface area contributed by atoms with Crippen LogP contribution in [0.25, 0.3) is 0 Å². The number of aliphatic hydroxyl groups excluding tert-OH is 1. The molecule has 0 saturated heterocycles. The Hall–Kier alpha value is -1.92. The van der Waals surface area contributed by atoms with Gasteiger partial charge in [0.05, 0.1) is 0 Å². The monoisotopic (exact) mass is 379 g/mol. The molecule has 0 radical (unpaired) electrons. The fourth-order valence-corrected chi connectivity index (χ4v) is 3.26. The Morgan fingerprint density at radius 2 is 1.69 bits per heavy atom. The Morgan fingerprint density at radius 1 is 1.12 bits per heavy atom. The van der Waals surface area contributed by atoms with E-state index in [0.717, 1.165) is 17.0 Å². The lowest BCUT2D eigenvalue weighted by Crippen LogP contribution is -2.36. The molecule has 0 heterocycles. The minimum atomic E-state index is -1.18. The third-order valence-electron chi connectivity index (χ3n) is 3.87. The number of aliphatic hydroxyl groups is 1. The predicted octanol–water partition coefficient (Wildman–Crippen LogP) is 4.49. The topological polar surface area (TPSA) is 49.3 Å². The molecule has 140 valence electrons. The summed E-state index contributed by atoms with van der Waals surface area (Å²) in [7, 11) is 0. The van der Waals surface area contributed by atoms with Gasteiger partial charge in [-0.05, 0) is 35.2 Å². The normalized spacial score (nSPS) is 12.7. The van der Waals surface area contributed by atoms with E-state index in [-0.39, 0.29) is 11.8 Å². The Morgan fingerprint density at radius 3 is 2.23 bits per heavy atom. The maximum absolute atomic E-state index is 13.6. The molecule has 2 aromatic carbocycles. The molecule has 0 aromatic heterocycles. The van der Waals surface area contributed by atoms with Crippen molar-refractivity contribution >= 4 is 17.7 Å². The molecule has 6 heteroatoms. The molecule has 2 aromatic rings. The summed E-state index contributed by atoms with van der Waals surface area (Å²) in [6.45, 7) is 6.44. The molecule has 0 aliphatic rings. The molecule has 0 aliphatic heterocycles. The first-order valence-corrected chi connectivity index (χ1v) is 9.33. The maximum atomic E-state index is 13.6. The fraction of sp³-hybridized carbons (Fsp3) is 0.350. The number of thioether (sulfide) groups is 1. The van der Waals surface area contributed by atoms with E-state index in [1.165, 1.54) is 23.4 Å². The van der Waals surface area contributed by atoms with Crippen molar-refractivity contribution < 1.29 is 18.7 Å². The van der Waals surface area contributed by atoms with Crippen LogP contribution in [0.4, 0.5) is 8.78 Å². The lowest BCUT2D eigenvalue weighted by Gasteiger charge is -2.19. The molecule has 0 saturated carbocycles. The van der Waals surface area contributed by atoms with Gasteiger partial charge < -0.3 is 10.4 Å². The van der Waals surface area contributed by atoms with E-state index in [4.69, 9.17) is 0 Å². The van der Waals surface area contributed by atoms with E-state index in [1.54, 1.807) is 0 Å². The lowest BCUT2D eigenvalue weighted by molar-refractivity contribution is 0.0771. The first kappa shape index (κ1) is 20.4. The van der Waals surface area contributed by atoms with Gasteiger partial charge in [-0.25, -0.2) is 8.78 Å². The van der Waals surface area contributed by atoms with Crippen molar-refractivity contribution in [3.63, 3.8) is 0 Å². The Balaban J connectivity index is 1.83. The van der Waals surface area contributed by atoms with Crippen LogP contribution in [0.2, 0.25) is 0 Å². The number of carbonyl (C=O) groups is 1. The molecule has 1 atom stereocenters. The van der Waals surface area contributed by atoms with E-state index in [9.17, 15) is 18.7 Å². The van der Waals surface area contributed by atoms with Crippen LogP contribution >= 0.6 is 11.8 Å². The van der Waals surface area contributed by atoms with Gasteiger partial charge in [-0.1, -0.05) is 39.0 Å². The van der Waals surface area contributed by atoms with Crippen molar-refractivity contribution in [3.05, 3.63) is 65.2 Å². The van der Waals surface area contributed by atoms with Gasteiger partial charge in [-0.3, -0.25) is 4.79 Å². The number of benzene rings is 2. The van der Waals surface area contributed by atoms with Crippen LogP contribution in [0.15, 0.2) is 47.4 Å². The zero-order valence-corrected chi connectivity index (χ0v) is 15.9. The van der Waals surface area contributed by atoms with Crippen molar-refractivity contribution in [1.82, 2.24) is 5.32 Å². The first-order chi connectivity index (χ1) is 12.2. The number of rotatable bonds is 6. The standard InChI is InChI=1S/C20H23F2NO2S/c1-20(2,3)13-7-9-14(10-8-13)26-12-11-17(24)23-19(25)18-15(21)5-4-6-16(18)22/h4-10,17,24H,11-12H2,1-3H3,(H,23,25). The molecule has 0 fully saturated rings. The van der Waals surface area contributed by atoms with Gasteiger partial charge in [0.2, 0.25) is 0 Å². The Kier molecular flexibility index (Phi) is 6.78. The van der Waals surface area contributed by atoms with Crippen molar-refractivity contribution in [2.24, 2.45) is 0 Å². The number of halogens is 2. The summed E-state index contributed by atoms with van der Waals surface area (Å²) >= 11 is 1.54. The molecular weight excluding hydrogens is 356 g/mol. The minimum Gasteiger partial charge on any atom is -0.374 e. The number of hydrogen-bond donors (Lipinski definition) is 2. The van der Waals surface area contributed by atoms with Gasteiger partial charge in [0, 0.05) is 17.1 Å². The summed E-state index contributed by atoms with van der Waals surface area (Å²) in [6.07, 6.45) is -0.920. The van der Waals surface area contributed by atoms with Crippen molar-refractivity contribution in [2.45, 2.75) is 43.7 Å². The molecule has 1 unspecified atom stereocenters. The third kappa shape index (κ3) is 5.54. The Labute approximate surface area is 156 Å². The largest absolute Gasteiger partial charge is 0.374 e. The third-order valence-corrected chi connectivity index (χ3v) is 4.91. The zero-order valence-electron chi connectivity index (χ0n) is 15.1. The highest BCUT2D eigenvalue weighted by atomic mass is 32.2. The predicted molar refractivity (Wildman–Crippen MR) is 100 cm³/mol. The van der Waals surface area contributed by atoms with Crippen LogP contribution in [0.5, 0.6) is 0 Å². The number of amides is 1. The summed E-state index contributed by atoms with van der Waals surface area (Å²) < 4.78 is 27.1. The minimum absolute atomic E-state index is 0.0889. The van der Waals surface area contributed by atoms with Crippen LogP contribution in [-0.2, 0) is 5.41 Å². The average Bonchev–Trinajstić information content (AvgIpc) is 2.54. The van der Waals surface area contributed by atoms with Gasteiger partial charge >= 0.3 is 0 Å². The summed E-state index contributed by atoms with van der Waals surface area (Å²) in [5.41, 5.74) is 0.643. The van der Waals surface area contributed by atoms with Gasteiger partial charge in [-0.2, -0.15) is 0 Å². The average molecular weight is 379 g/mol. The van der Waals surface area contributed by atoms with E-state index in [2.05, 4.69) is 38.2 Å². The molecular formula is C20H23F2NO2S. The molecule has 2 N–H and O–H groups in total. The summed E-state index contributed by atoms with van der Waals surface area (Å²) in [4.78, 5) is 13.0. The first-order valence-electron chi connectivity index (χ1n) is 8.35.